The van der Waals surface area contributed by atoms with Gasteiger partial charge < -0.3 is 4.57 Å². The molecule has 0 amide bonds. The number of hydrogen-bond donors (Lipinski definition) is 0. The molecule has 4 heteroatoms. The zero-order valence-corrected chi connectivity index (χ0v) is 27.5. The van der Waals surface area contributed by atoms with Gasteiger partial charge in [0.25, 0.3) is 0 Å². The molecule has 236 valence electrons. The largest absolute Gasteiger partial charge is 0.309 e. The van der Waals surface area contributed by atoms with E-state index in [9.17, 15) is 0 Å². The van der Waals surface area contributed by atoms with Crippen LogP contribution in [-0.4, -0.2) is 19.5 Å². The monoisotopic (exact) mass is 648 g/mol. The predicted molar refractivity (Wildman–Crippen MR) is 210 cm³/mol. The van der Waals surface area contributed by atoms with E-state index in [1.165, 1.54) is 54.8 Å². The van der Waals surface area contributed by atoms with Crippen LogP contribution in [0.5, 0.6) is 0 Å². The van der Waals surface area contributed by atoms with Crippen LogP contribution in [0.3, 0.4) is 0 Å². The van der Waals surface area contributed by atoms with Crippen molar-refractivity contribution in [1.29, 1.82) is 0 Å². The first-order chi connectivity index (χ1) is 25.3. The molecule has 0 radical (unpaired) electrons. The Morgan fingerprint density at radius 3 is 1.67 bits per heavy atom. The van der Waals surface area contributed by atoms with Gasteiger partial charge in [-0.1, -0.05) is 146 Å². The van der Waals surface area contributed by atoms with Crippen LogP contribution in [0.15, 0.2) is 170 Å². The van der Waals surface area contributed by atoms with Crippen molar-refractivity contribution in [2.45, 2.75) is 0 Å². The molecule has 4 nitrogen and oxygen atoms in total. The summed E-state index contributed by atoms with van der Waals surface area (Å²) in [6.45, 7) is 0. The summed E-state index contributed by atoms with van der Waals surface area (Å²) in [4.78, 5) is 15.5. The first-order valence-corrected chi connectivity index (χ1v) is 17.3. The Morgan fingerprint density at radius 1 is 0.333 bits per heavy atom. The predicted octanol–water partition coefficient (Wildman–Crippen LogP) is 11.9. The van der Waals surface area contributed by atoms with Gasteiger partial charge in [0, 0.05) is 32.8 Å². The minimum atomic E-state index is 0.648. The Kier molecular flexibility index (Phi) is 5.92. The van der Waals surface area contributed by atoms with Crippen LogP contribution in [0.1, 0.15) is 0 Å². The SMILES string of the molecule is c1ccc(-c2nc(-c3ccc4c(c3)-c3cccc5cccc-4c35)nc(-c3cccc4c(-n5c6ccccc6c6ccccc65)cccc34)n2)cc1. The van der Waals surface area contributed by atoms with Gasteiger partial charge in [-0.05, 0) is 62.7 Å². The van der Waals surface area contributed by atoms with Crippen molar-refractivity contribution in [2.75, 3.05) is 0 Å². The fraction of sp³-hybridized carbons (Fsp3) is 0. The summed E-state index contributed by atoms with van der Waals surface area (Å²) < 4.78 is 2.38. The van der Waals surface area contributed by atoms with Crippen molar-refractivity contribution in [2.24, 2.45) is 0 Å². The number of fused-ring (bicyclic) bond motifs is 7. The van der Waals surface area contributed by atoms with Crippen molar-refractivity contribution >= 4 is 43.4 Å². The molecule has 11 rings (SSSR count). The quantitative estimate of drug-likeness (QED) is 0.191. The maximum absolute atomic E-state index is 5.24. The molecule has 0 atom stereocenters. The molecule has 0 fully saturated rings. The molecular weight excluding hydrogens is 621 g/mol. The van der Waals surface area contributed by atoms with Crippen molar-refractivity contribution in [3.05, 3.63) is 170 Å². The van der Waals surface area contributed by atoms with Crippen molar-refractivity contribution < 1.29 is 0 Å². The Morgan fingerprint density at radius 2 is 0.902 bits per heavy atom. The van der Waals surface area contributed by atoms with Gasteiger partial charge in [0.1, 0.15) is 0 Å². The zero-order valence-electron chi connectivity index (χ0n) is 27.5. The molecule has 0 saturated carbocycles. The van der Waals surface area contributed by atoms with Crippen LogP contribution in [-0.2, 0) is 0 Å². The summed E-state index contributed by atoms with van der Waals surface area (Å²) in [6, 6.07) is 60.2. The summed E-state index contributed by atoms with van der Waals surface area (Å²) in [5.41, 5.74) is 11.4. The number of para-hydroxylation sites is 2. The first kappa shape index (κ1) is 28.0. The molecule has 10 aromatic rings. The number of nitrogens with zero attached hydrogens (tertiary/aromatic N) is 4. The van der Waals surface area contributed by atoms with E-state index in [4.69, 9.17) is 15.0 Å². The first-order valence-electron chi connectivity index (χ1n) is 17.3. The van der Waals surface area contributed by atoms with E-state index >= 15 is 0 Å². The summed E-state index contributed by atoms with van der Waals surface area (Å²) in [5.74, 6) is 1.95. The van der Waals surface area contributed by atoms with Crippen LogP contribution in [0.4, 0.5) is 0 Å². The number of benzene rings is 8. The van der Waals surface area contributed by atoms with Crippen molar-refractivity contribution in [3.63, 3.8) is 0 Å². The van der Waals surface area contributed by atoms with Crippen LogP contribution < -0.4 is 0 Å². The second-order valence-electron chi connectivity index (χ2n) is 13.2. The smallest absolute Gasteiger partial charge is 0.164 e. The molecule has 0 spiro atoms. The zero-order chi connectivity index (χ0) is 33.5. The van der Waals surface area contributed by atoms with E-state index < -0.39 is 0 Å². The Labute approximate surface area is 294 Å². The van der Waals surface area contributed by atoms with Crippen molar-refractivity contribution in [3.8, 4) is 62.1 Å². The van der Waals surface area contributed by atoms with Crippen LogP contribution >= 0.6 is 0 Å². The summed E-state index contributed by atoms with van der Waals surface area (Å²) in [5, 5.41) is 7.27. The molecule has 0 unspecified atom stereocenters. The van der Waals surface area contributed by atoms with Gasteiger partial charge in [-0.15, -0.1) is 0 Å². The second kappa shape index (κ2) is 10.8. The van der Waals surface area contributed by atoms with Crippen LogP contribution in [0, 0.1) is 0 Å². The molecule has 1 aliphatic carbocycles. The molecular formula is C47H28N4. The summed E-state index contributed by atoms with van der Waals surface area (Å²) in [7, 11) is 0. The van der Waals surface area contributed by atoms with E-state index in [-0.39, 0.29) is 0 Å². The molecule has 51 heavy (non-hydrogen) atoms. The normalized spacial score (nSPS) is 11.9. The average Bonchev–Trinajstić information content (AvgIpc) is 3.71. The van der Waals surface area contributed by atoms with E-state index in [0.717, 1.165) is 33.2 Å². The summed E-state index contributed by atoms with van der Waals surface area (Å²) >= 11 is 0. The second-order valence-corrected chi connectivity index (χ2v) is 13.2. The third-order valence-corrected chi connectivity index (χ3v) is 10.4. The lowest BCUT2D eigenvalue weighted by atomic mass is 10.0. The maximum atomic E-state index is 5.24. The lowest BCUT2D eigenvalue weighted by molar-refractivity contribution is 1.08. The average molecular weight is 649 g/mol. The van der Waals surface area contributed by atoms with E-state index in [2.05, 4.69) is 156 Å². The van der Waals surface area contributed by atoms with E-state index in [1.54, 1.807) is 0 Å². The third-order valence-electron chi connectivity index (χ3n) is 10.4. The van der Waals surface area contributed by atoms with Gasteiger partial charge in [0.05, 0.1) is 16.7 Å². The highest BCUT2D eigenvalue weighted by atomic mass is 15.0. The third kappa shape index (κ3) is 4.17. The van der Waals surface area contributed by atoms with Gasteiger partial charge >= 0.3 is 0 Å². The lowest BCUT2D eigenvalue weighted by Gasteiger charge is -2.14. The summed E-state index contributed by atoms with van der Waals surface area (Å²) in [6.07, 6.45) is 0. The van der Waals surface area contributed by atoms with Gasteiger partial charge in [-0.25, -0.2) is 15.0 Å². The number of rotatable bonds is 4. The maximum Gasteiger partial charge on any atom is 0.164 e. The molecule has 2 aromatic heterocycles. The molecule has 0 bridgehead atoms. The Balaban J connectivity index is 1.13. The lowest BCUT2D eigenvalue weighted by Crippen LogP contribution is -2.01. The molecule has 0 aliphatic heterocycles. The van der Waals surface area contributed by atoms with Crippen LogP contribution in [0.2, 0.25) is 0 Å². The van der Waals surface area contributed by atoms with Gasteiger partial charge in [0.15, 0.2) is 17.5 Å². The molecule has 8 aromatic carbocycles. The fourth-order valence-electron chi connectivity index (χ4n) is 8.14. The van der Waals surface area contributed by atoms with E-state index in [1.807, 2.05) is 18.2 Å². The topological polar surface area (TPSA) is 43.6 Å². The van der Waals surface area contributed by atoms with E-state index in [0.29, 0.717) is 17.5 Å². The van der Waals surface area contributed by atoms with Crippen LogP contribution in [0.25, 0.3) is 105 Å². The Bertz CT molecular complexity index is 2970. The van der Waals surface area contributed by atoms with Gasteiger partial charge in [-0.2, -0.15) is 0 Å². The minimum absolute atomic E-state index is 0.648. The van der Waals surface area contributed by atoms with Crippen molar-refractivity contribution in [1.82, 2.24) is 19.5 Å². The highest BCUT2D eigenvalue weighted by Crippen LogP contribution is 2.48. The van der Waals surface area contributed by atoms with Gasteiger partial charge in [-0.3, -0.25) is 0 Å². The highest BCUT2D eigenvalue weighted by Gasteiger charge is 2.23. The molecule has 1 aliphatic rings. The molecule has 2 heterocycles. The minimum Gasteiger partial charge on any atom is -0.309 e. The standard InChI is InChI=1S/C47H28N4/c1-2-12-30(13-3-1)45-48-46(31-26-27-33-37-20-8-14-29-15-9-21-38(44(29)37)40(33)28-31)50-47(49-45)39-22-10-19-34-32(39)18-11-25-43(34)51-41-23-6-4-16-35(41)36-17-5-7-24-42(36)51/h1-28H. The Hall–Kier alpha value is -6.91. The fourth-order valence-corrected chi connectivity index (χ4v) is 8.14. The highest BCUT2D eigenvalue weighted by molar-refractivity contribution is 6.16. The molecule has 0 saturated heterocycles. The number of hydrogen-bond acceptors (Lipinski definition) is 3. The molecule has 0 N–H and O–H groups in total. The number of aromatic nitrogens is 4. The van der Waals surface area contributed by atoms with Gasteiger partial charge in [0.2, 0.25) is 0 Å².